The van der Waals surface area contributed by atoms with E-state index < -0.39 is 41.0 Å². The molecule has 0 aliphatic carbocycles. The summed E-state index contributed by atoms with van der Waals surface area (Å²) < 4.78 is 21.5. The van der Waals surface area contributed by atoms with Gasteiger partial charge in [0.25, 0.3) is 0 Å². The van der Waals surface area contributed by atoms with E-state index in [0.29, 0.717) is 6.42 Å². The zero-order chi connectivity index (χ0) is 20.9. The molecule has 9 heteroatoms. The number of hydrogen-bond donors (Lipinski definition) is 2. The summed E-state index contributed by atoms with van der Waals surface area (Å²) in [6, 6.07) is 0. The van der Waals surface area contributed by atoms with Crippen LogP contribution in [0.25, 0.3) is 0 Å². The van der Waals surface area contributed by atoms with Crippen LogP contribution in [-0.4, -0.2) is 57.8 Å². The standard InChI is InChI=1S/C19H24O9/c1-10(20)25-9-12-15-13(27-16(12)22)7-17(3)5-6-19(24,28-17)18(4,23)8-14(15)26-11(2)21/h7,14,23-24H,5-6,8-9H2,1-4H3/b13-7+/t14?,17-,18-,19+/m1/s1. The van der Waals surface area contributed by atoms with E-state index in [1.165, 1.54) is 26.8 Å². The minimum Gasteiger partial charge on any atom is -0.461 e. The Bertz CT molecular complexity index is 793. The molecule has 1 fully saturated rings. The molecule has 0 radical (unpaired) electrons. The predicted octanol–water partition coefficient (Wildman–Crippen LogP) is 0.631. The molecule has 1 unspecified atom stereocenters. The van der Waals surface area contributed by atoms with E-state index in [1.807, 2.05) is 0 Å². The summed E-state index contributed by atoms with van der Waals surface area (Å²) in [5.74, 6) is -3.76. The van der Waals surface area contributed by atoms with Crippen LogP contribution in [0.5, 0.6) is 0 Å². The fraction of sp³-hybridized carbons (Fsp3) is 0.632. The van der Waals surface area contributed by atoms with Gasteiger partial charge in [0, 0.05) is 32.3 Å². The monoisotopic (exact) mass is 396 g/mol. The summed E-state index contributed by atoms with van der Waals surface area (Å²) >= 11 is 0. The first kappa shape index (κ1) is 20.5. The van der Waals surface area contributed by atoms with Crippen molar-refractivity contribution in [3.63, 3.8) is 0 Å². The van der Waals surface area contributed by atoms with Crippen molar-refractivity contribution in [2.24, 2.45) is 0 Å². The quantitative estimate of drug-likeness (QED) is 0.521. The molecule has 3 aliphatic rings. The molecule has 0 spiro atoms. The molecule has 0 aromatic heterocycles. The molecule has 0 amide bonds. The second kappa shape index (κ2) is 6.68. The molecule has 3 aliphatic heterocycles. The smallest absolute Gasteiger partial charge is 0.343 e. The largest absolute Gasteiger partial charge is 0.461 e. The highest BCUT2D eigenvalue weighted by molar-refractivity contribution is 5.95. The van der Waals surface area contributed by atoms with Crippen LogP contribution in [0.1, 0.15) is 47.0 Å². The highest BCUT2D eigenvalue weighted by Gasteiger charge is 2.58. The van der Waals surface area contributed by atoms with Gasteiger partial charge in [0.05, 0.1) is 11.2 Å². The SMILES string of the molecule is CC(=O)OCC1=C2/C(=C\[C@@]3(C)CC[C@](O)(O3)[C@](C)(O)CC2OC(C)=O)OC1=O. The maximum absolute atomic E-state index is 12.4. The summed E-state index contributed by atoms with van der Waals surface area (Å²) in [7, 11) is 0. The van der Waals surface area contributed by atoms with E-state index in [0.717, 1.165) is 0 Å². The molecule has 0 aromatic carbocycles. The van der Waals surface area contributed by atoms with Crippen LogP contribution in [0.3, 0.4) is 0 Å². The van der Waals surface area contributed by atoms with Crippen molar-refractivity contribution in [2.45, 2.75) is 70.1 Å². The molecule has 3 heterocycles. The molecular formula is C19H24O9. The third-order valence-corrected chi connectivity index (χ3v) is 5.31. The Morgan fingerprint density at radius 3 is 2.50 bits per heavy atom. The topological polar surface area (TPSA) is 129 Å². The minimum atomic E-state index is -1.88. The number of hydrogen-bond acceptors (Lipinski definition) is 9. The summed E-state index contributed by atoms with van der Waals surface area (Å²) in [5, 5.41) is 21.9. The van der Waals surface area contributed by atoms with Gasteiger partial charge in [-0.25, -0.2) is 4.79 Å². The summed E-state index contributed by atoms with van der Waals surface area (Å²) in [4.78, 5) is 35.3. The number of ether oxygens (including phenoxy) is 4. The minimum absolute atomic E-state index is 0.0110. The zero-order valence-corrected chi connectivity index (χ0v) is 16.2. The zero-order valence-electron chi connectivity index (χ0n) is 16.2. The Kier molecular flexibility index (Phi) is 4.89. The Labute approximate surface area is 161 Å². The van der Waals surface area contributed by atoms with E-state index in [2.05, 4.69) is 0 Å². The van der Waals surface area contributed by atoms with Crippen LogP contribution in [0, 0.1) is 0 Å². The van der Waals surface area contributed by atoms with Crippen molar-refractivity contribution >= 4 is 17.9 Å². The van der Waals surface area contributed by atoms with Gasteiger partial charge in [-0.1, -0.05) is 0 Å². The maximum atomic E-state index is 12.4. The second-order valence-corrected chi connectivity index (χ2v) is 7.85. The van der Waals surface area contributed by atoms with Crippen LogP contribution in [0.4, 0.5) is 0 Å². The Hall–Kier alpha value is -2.23. The average molecular weight is 396 g/mol. The fourth-order valence-electron chi connectivity index (χ4n) is 3.83. The van der Waals surface area contributed by atoms with Crippen molar-refractivity contribution in [1.29, 1.82) is 0 Å². The van der Waals surface area contributed by atoms with Gasteiger partial charge in [0.1, 0.15) is 24.1 Å². The van der Waals surface area contributed by atoms with Gasteiger partial charge in [0.2, 0.25) is 0 Å². The van der Waals surface area contributed by atoms with Crippen molar-refractivity contribution in [2.75, 3.05) is 6.61 Å². The third-order valence-electron chi connectivity index (χ3n) is 5.31. The van der Waals surface area contributed by atoms with E-state index in [4.69, 9.17) is 18.9 Å². The lowest BCUT2D eigenvalue weighted by molar-refractivity contribution is -0.298. The number of esters is 3. The summed E-state index contributed by atoms with van der Waals surface area (Å²) in [6.07, 6.45) is 0.653. The predicted molar refractivity (Wildman–Crippen MR) is 92.3 cm³/mol. The highest BCUT2D eigenvalue weighted by atomic mass is 16.7. The van der Waals surface area contributed by atoms with Crippen LogP contribution in [-0.2, 0) is 33.3 Å². The van der Waals surface area contributed by atoms with Gasteiger partial charge in [-0.2, -0.15) is 0 Å². The number of fused-ring (bicyclic) bond motifs is 3. The molecule has 0 saturated carbocycles. The molecule has 154 valence electrons. The van der Waals surface area contributed by atoms with Crippen molar-refractivity contribution in [1.82, 2.24) is 0 Å². The van der Waals surface area contributed by atoms with Crippen LogP contribution in [0.2, 0.25) is 0 Å². The first-order valence-electron chi connectivity index (χ1n) is 9.00. The summed E-state index contributed by atoms with van der Waals surface area (Å²) in [6.45, 7) is 5.08. The molecule has 2 N–H and O–H groups in total. The first-order valence-corrected chi connectivity index (χ1v) is 9.00. The Morgan fingerprint density at radius 2 is 1.89 bits per heavy atom. The second-order valence-electron chi connectivity index (χ2n) is 7.85. The van der Waals surface area contributed by atoms with E-state index >= 15 is 0 Å². The maximum Gasteiger partial charge on any atom is 0.343 e. The number of carbonyl (C=O) groups excluding carboxylic acids is 3. The lowest BCUT2D eigenvalue weighted by Crippen LogP contribution is -2.54. The molecule has 1 saturated heterocycles. The van der Waals surface area contributed by atoms with Crippen molar-refractivity contribution in [3.05, 3.63) is 23.0 Å². The van der Waals surface area contributed by atoms with Gasteiger partial charge in [-0.3, -0.25) is 9.59 Å². The van der Waals surface area contributed by atoms with Crippen LogP contribution < -0.4 is 0 Å². The fourth-order valence-corrected chi connectivity index (χ4v) is 3.83. The van der Waals surface area contributed by atoms with Crippen LogP contribution >= 0.6 is 0 Å². The van der Waals surface area contributed by atoms with Gasteiger partial charge >= 0.3 is 17.9 Å². The first-order chi connectivity index (χ1) is 12.9. The lowest BCUT2D eigenvalue weighted by Gasteiger charge is -2.40. The van der Waals surface area contributed by atoms with E-state index in [1.54, 1.807) is 6.92 Å². The number of rotatable bonds is 3. The molecule has 0 aromatic rings. The molecule has 28 heavy (non-hydrogen) atoms. The highest BCUT2D eigenvalue weighted by Crippen LogP contribution is 2.49. The Morgan fingerprint density at radius 1 is 1.21 bits per heavy atom. The van der Waals surface area contributed by atoms with Crippen molar-refractivity contribution < 1.29 is 43.5 Å². The molecule has 3 rings (SSSR count). The average Bonchev–Trinajstić information content (AvgIpc) is 3.01. The lowest BCUT2D eigenvalue weighted by atomic mass is 9.82. The van der Waals surface area contributed by atoms with Gasteiger partial charge in [-0.05, 0) is 26.3 Å². The van der Waals surface area contributed by atoms with Gasteiger partial charge in [-0.15, -0.1) is 0 Å². The number of aliphatic hydroxyl groups is 2. The molecular weight excluding hydrogens is 372 g/mol. The molecule has 4 atom stereocenters. The van der Waals surface area contributed by atoms with Gasteiger partial charge in [0.15, 0.2) is 5.79 Å². The van der Waals surface area contributed by atoms with E-state index in [-0.39, 0.29) is 36.4 Å². The number of carbonyl (C=O) groups is 3. The molecule has 9 nitrogen and oxygen atoms in total. The van der Waals surface area contributed by atoms with E-state index in [9.17, 15) is 24.6 Å². The third kappa shape index (κ3) is 3.57. The van der Waals surface area contributed by atoms with Crippen LogP contribution in [0.15, 0.2) is 23.0 Å². The van der Waals surface area contributed by atoms with Crippen molar-refractivity contribution in [3.8, 4) is 0 Å². The Balaban J connectivity index is 2.16. The normalized spacial score (nSPS) is 39.1. The molecule has 2 bridgehead atoms. The van der Waals surface area contributed by atoms with Gasteiger partial charge < -0.3 is 29.2 Å². The summed E-state index contributed by atoms with van der Waals surface area (Å²) in [5.41, 5.74) is -2.62.